The van der Waals surface area contributed by atoms with Crippen LogP contribution in [0.4, 0.5) is 5.69 Å². The molecule has 0 unspecified atom stereocenters. The number of nitrogens with one attached hydrogen (secondary N) is 1. The van der Waals surface area contributed by atoms with Gasteiger partial charge in [-0.25, -0.2) is 0 Å². The quantitative estimate of drug-likeness (QED) is 0.817. The fourth-order valence-corrected chi connectivity index (χ4v) is 1.92. The van der Waals surface area contributed by atoms with Crippen LogP contribution in [0, 0.1) is 20.8 Å². The number of rotatable bonds is 5. The van der Waals surface area contributed by atoms with Gasteiger partial charge in [0, 0.05) is 12.2 Å². The van der Waals surface area contributed by atoms with Crippen LogP contribution in [-0.4, -0.2) is 26.7 Å². The fraction of sp³-hybridized carbons (Fsp3) is 0.500. The highest BCUT2D eigenvalue weighted by molar-refractivity contribution is 5.70. The van der Waals surface area contributed by atoms with Crippen LogP contribution in [0.15, 0.2) is 6.07 Å². The molecule has 0 saturated heterocycles. The maximum absolute atomic E-state index is 11.1. The van der Waals surface area contributed by atoms with Gasteiger partial charge in [-0.1, -0.05) is 0 Å². The summed E-state index contributed by atoms with van der Waals surface area (Å²) in [5.41, 5.74) is 4.44. The van der Waals surface area contributed by atoms with Crippen LogP contribution in [0.2, 0.25) is 0 Å². The predicted octanol–water partition coefficient (Wildman–Crippen LogP) is 2.60. The number of esters is 1. The van der Waals surface area contributed by atoms with Crippen molar-refractivity contribution in [3.05, 3.63) is 22.8 Å². The molecule has 0 bridgehead atoms. The summed E-state index contributed by atoms with van der Waals surface area (Å²) in [6.45, 7) is 6.67. The summed E-state index contributed by atoms with van der Waals surface area (Å²) >= 11 is 0. The Morgan fingerprint density at radius 3 is 2.44 bits per heavy atom. The van der Waals surface area contributed by atoms with Crippen molar-refractivity contribution in [1.82, 2.24) is 0 Å². The molecular weight excluding hydrogens is 230 g/mol. The standard InChI is InChI=1S/C14H21NO3/c1-9-8-12(17-4)10(2)11(3)14(9)15-7-6-13(16)18-5/h8,15H,6-7H2,1-5H3. The third-order valence-electron chi connectivity index (χ3n) is 3.13. The van der Waals surface area contributed by atoms with Crippen LogP contribution in [0.3, 0.4) is 0 Å². The van der Waals surface area contributed by atoms with Gasteiger partial charge >= 0.3 is 5.97 Å². The van der Waals surface area contributed by atoms with Gasteiger partial charge < -0.3 is 14.8 Å². The Balaban J connectivity index is 2.83. The normalized spacial score (nSPS) is 10.1. The van der Waals surface area contributed by atoms with Crippen LogP contribution >= 0.6 is 0 Å². The molecule has 0 radical (unpaired) electrons. The Bertz CT molecular complexity index is 441. The second-order valence-corrected chi connectivity index (χ2v) is 4.27. The molecule has 1 aromatic rings. The average Bonchev–Trinajstić information content (AvgIpc) is 2.37. The first-order valence-corrected chi connectivity index (χ1v) is 5.96. The van der Waals surface area contributed by atoms with Crippen LogP contribution in [0.1, 0.15) is 23.1 Å². The largest absolute Gasteiger partial charge is 0.496 e. The minimum absolute atomic E-state index is 0.206. The zero-order valence-corrected chi connectivity index (χ0v) is 11.7. The molecule has 1 N–H and O–H groups in total. The van der Waals surface area contributed by atoms with E-state index in [-0.39, 0.29) is 5.97 Å². The summed E-state index contributed by atoms with van der Waals surface area (Å²) in [5.74, 6) is 0.687. The molecule has 0 aliphatic carbocycles. The van der Waals surface area contributed by atoms with Crippen molar-refractivity contribution < 1.29 is 14.3 Å². The molecule has 0 atom stereocenters. The summed E-state index contributed by atoms with van der Waals surface area (Å²) in [6.07, 6.45) is 0.362. The minimum atomic E-state index is -0.206. The zero-order chi connectivity index (χ0) is 13.7. The highest BCUT2D eigenvalue weighted by atomic mass is 16.5. The van der Waals surface area contributed by atoms with Gasteiger partial charge in [-0.05, 0) is 43.5 Å². The molecule has 0 heterocycles. The lowest BCUT2D eigenvalue weighted by Gasteiger charge is -2.17. The lowest BCUT2D eigenvalue weighted by atomic mass is 10.0. The maximum Gasteiger partial charge on any atom is 0.307 e. The van der Waals surface area contributed by atoms with E-state index in [0.717, 1.165) is 28.1 Å². The van der Waals surface area contributed by atoms with Crippen molar-refractivity contribution in [3.63, 3.8) is 0 Å². The molecule has 4 heteroatoms. The topological polar surface area (TPSA) is 47.6 Å². The van der Waals surface area contributed by atoms with E-state index in [1.54, 1.807) is 7.11 Å². The van der Waals surface area contributed by atoms with E-state index in [1.807, 2.05) is 26.8 Å². The molecule has 1 rings (SSSR count). The number of methoxy groups -OCH3 is 2. The van der Waals surface area contributed by atoms with E-state index in [9.17, 15) is 4.79 Å². The van der Waals surface area contributed by atoms with Gasteiger partial charge in [-0.2, -0.15) is 0 Å². The van der Waals surface area contributed by atoms with Gasteiger partial charge in [-0.3, -0.25) is 4.79 Å². The van der Waals surface area contributed by atoms with Crippen molar-refractivity contribution >= 4 is 11.7 Å². The smallest absolute Gasteiger partial charge is 0.307 e. The van der Waals surface area contributed by atoms with E-state index >= 15 is 0 Å². The molecule has 0 fully saturated rings. The molecule has 0 amide bonds. The first-order valence-electron chi connectivity index (χ1n) is 5.96. The minimum Gasteiger partial charge on any atom is -0.496 e. The fourth-order valence-electron chi connectivity index (χ4n) is 1.92. The van der Waals surface area contributed by atoms with Crippen molar-refractivity contribution in [2.45, 2.75) is 27.2 Å². The molecule has 100 valence electrons. The van der Waals surface area contributed by atoms with Gasteiger partial charge in [0.25, 0.3) is 0 Å². The molecule has 0 spiro atoms. The Kier molecular flexibility index (Phi) is 5.01. The predicted molar refractivity (Wildman–Crippen MR) is 72.3 cm³/mol. The molecule has 1 aromatic carbocycles. The first kappa shape index (κ1) is 14.4. The van der Waals surface area contributed by atoms with Crippen LogP contribution in [-0.2, 0) is 9.53 Å². The van der Waals surface area contributed by atoms with Gasteiger partial charge in [0.05, 0.1) is 20.6 Å². The highest BCUT2D eigenvalue weighted by Gasteiger charge is 2.10. The zero-order valence-electron chi connectivity index (χ0n) is 11.7. The number of hydrogen-bond acceptors (Lipinski definition) is 4. The third kappa shape index (κ3) is 3.15. The summed E-state index contributed by atoms with van der Waals surface area (Å²) in [4.78, 5) is 11.1. The highest BCUT2D eigenvalue weighted by Crippen LogP contribution is 2.30. The lowest BCUT2D eigenvalue weighted by molar-refractivity contribution is -0.140. The Labute approximate surface area is 108 Å². The van der Waals surface area contributed by atoms with Gasteiger partial charge in [-0.15, -0.1) is 0 Å². The van der Waals surface area contributed by atoms with E-state index in [2.05, 4.69) is 10.1 Å². The Morgan fingerprint density at radius 2 is 1.89 bits per heavy atom. The van der Waals surface area contributed by atoms with E-state index in [1.165, 1.54) is 7.11 Å². The molecule has 0 aliphatic rings. The second-order valence-electron chi connectivity index (χ2n) is 4.27. The molecular formula is C14H21NO3. The lowest BCUT2D eigenvalue weighted by Crippen LogP contribution is -2.11. The van der Waals surface area contributed by atoms with E-state index < -0.39 is 0 Å². The Morgan fingerprint density at radius 1 is 1.22 bits per heavy atom. The van der Waals surface area contributed by atoms with Crippen molar-refractivity contribution in [1.29, 1.82) is 0 Å². The number of carbonyl (C=O) groups is 1. The SMILES string of the molecule is COC(=O)CCNc1c(C)cc(OC)c(C)c1C. The van der Waals surface area contributed by atoms with Crippen LogP contribution < -0.4 is 10.1 Å². The average molecular weight is 251 g/mol. The molecule has 0 aliphatic heterocycles. The monoisotopic (exact) mass is 251 g/mol. The Hall–Kier alpha value is -1.71. The van der Waals surface area contributed by atoms with Gasteiger partial charge in [0.15, 0.2) is 0 Å². The number of carbonyl (C=O) groups excluding carboxylic acids is 1. The van der Waals surface area contributed by atoms with Gasteiger partial charge in [0.2, 0.25) is 0 Å². The van der Waals surface area contributed by atoms with Crippen molar-refractivity contribution in [2.75, 3.05) is 26.1 Å². The number of hydrogen-bond donors (Lipinski definition) is 1. The molecule has 4 nitrogen and oxygen atoms in total. The number of ether oxygens (including phenoxy) is 2. The summed E-state index contributed by atoms with van der Waals surface area (Å²) in [7, 11) is 3.07. The third-order valence-corrected chi connectivity index (χ3v) is 3.13. The summed E-state index contributed by atoms with van der Waals surface area (Å²) in [5, 5.41) is 3.28. The number of benzene rings is 1. The number of anilines is 1. The first-order chi connectivity index (χ1) is 8.51. The van der Waals surface area contributed by atoms with Crippen LogP contribution in [0.5, 0.6) is 5.75 Å². The van der Waals surface area contributed by atoms with E-state index in [0.29, 0.717) is 13.0 Å². The van der Waals surface area contributed by atoms with Gasteiger partial charge in [0.1, 0.15) is 5.75 Å². The van der Waals surface area contributed by atoms with Crippen molar-refractivity contribution in [2.24, 2.45) is 0 Å². The molecule has 0 saturated carbocycles. The summed E-state index contributed by atoms with van der Waals surface area (Å²) < 4.78 is 9.93. The van der Waals surface area contributed by atoms with Crippen LogP contribution in [0.25, 0.3) is 0 Å². The number of aryl methyl sites for hydroxylation is 1. The maximum atomic E-state index is 11.1. The molecule has 0 aromatic heterocycles. The molecule has 18 heavy (non-hydrogen) atoms. The van der Waals surface area contributed by atoms with Crippen molar-refractivity contribution in [3.8, 4) is 5.75 Å². The second kappa shape index (κ2) is 6.28. The van der Waals surface area contributed by atoms with E-state index in [4.69, 9.17) is 4.74 Å². The summed E-state index contributed by atoms with van der Waals surface area (Å²) in [6, 6.07) is 2.00.